The largest absolute Gasteiger partial charge is 0.464 e. The molecule has 3 N–H and O–H groups in total. The Kier molecular flexibility index (Phi) is 5.46. The summed E-state index contributed by atoms with van der Waals surface area (Å²) in [6, 6.07) is 3.92. The monoisotopic (exact) mass is 279 g/mol. The van der Waals surface area contributed by atoms with Crippen molar-refractivity contribution in [1.29, 1.82) is 0 Å². The van der Waals surface area contributed by atoms with Crippen molar-refractivity contribution in [3.63, 3.8) is 0 Å². The predicted molar refractivity (Wildman–Crippen MR) is 74.5 cm³/mol. The van der Waals surface area contributed by atoms with Gasteiger partial charge in [-0.1, -0.05) is 6.07 Å². The van der Waals surface area contributed by atoms with Crippen molar-refractivity contribution >= 4 is 5.97 Å². The van der Waals surface area contributed by atoms with E-state index in [2.05, 4.69) is 15.6 Å². The fourth-order valence-corrected chi connectivity index (χ4v) is 2.27. The van der Waals surface area contributed by atoms with Gasteiger partial charge in [0.2, 0.25) is 0 Å². The van der Waals surface area contributed by atoms with E-state index in [4.69, 9.17) is 9.84 Å². The van der Waals surface area contributed by atoms with Crippen LogP contribution < -0.4 is 10.6 Å². The van der Waals surface area contributed by atoms with Crippen molar-refractivity contribution in [2.45, 2.75) is 25.4 Å². The van der Waals surface area contributed by atoms with Crippen molar-refractivity contribution in [3.8, 4) is 0 Å². The molecule has 0 bridgehead atoms. The van der Waals surface area contributed by atoms with Gasteiger partial charge in [-0.25, -0.2) is 9.78 Å². The minimum atomic E-state index is -0.399. The lowest BCUT2D eigenvalue weighted by molar-refractivity contribution is 0.0593. The average Bonchev–Trinajstić information content (AvgIpc) is 2.50. The topological polar surface area (TPSA) is 83.5 Å². The number of aliphatic hydroxyl groups is 1. The fourth-order valence-electron chi connectivity index (χ4n) is 2.27. The van der Waals surface area contributed by atoms with Gasteiger partial charge < -0.3 is 20.5 Å². The molecule has 0 saturated carbocycles. The molecule has 20 heavy (non-hydrogen) atoms. The third-order valence-electron chi connectivity index (χ3n) is 3.39. The molecular formula is C14H21N3O3. The molecular weight excluding hydrogens is 258 g/mol. The molecule has 1 aromatic rings. The van der Waals surface area contributed by atoms with E-state index in [9.17, 15) is 4.79 Å². The molecule has 0 spiro atoms. The van der Waals surface area contributed by atoms with Crippen LogP contribution in [0.1, 0.15) is 28.2 Å². The number of carbonyl (C=O) groups excluding carboxylic acids is 1. The second kappa shape index (κ2) is 7.33. The highest BCUT2D eigenvalue weighted by Crippen LogP contribution is 2.15. The van der Waals surface area contributed by atoms with Crippen LogP contribution in [-0.2, 0) is 17.7 Å². The Balaban J connectivity index is 1.95. The van der Waals surface area contributed by atoms with E-state index >= 15 is 0 Å². The molecule has 0 saturated heterocycles. The van der Waals surface area contributed by atoms with Crippen LogP contribution >= 0.6 is 0 Å². The summed E-state index contributed by atoms with van der Waals surface area (Å²) in [6.07, 6.45) is 1.54. The van der Waals surface area contributed by atoms with E-state index in [-0.39, 0.29) is 6.61 Å². The Bertz CT molecular complexity index is 465. The van der Waals surface area contributed by atoms with Crippen LogP contribution in [0.3, 0.4) is 0 Å². The Morgan fingerprint density at radius 2 is 2.45 bits per heavy atom. The summed E-state index contributed by atoms with van der Waals surface area (Å²) in [4.78, 5) is 15.9. The van der Waals surface area contributed by atoms with Gasteiger partial charge in [-0.05, 0) is 24.6 Å². The van der Waals surface area contributed by atoms with E-state index < -0.39 is 5.97 Å². The zero-order chi connectivity index (χ0) is 14.4. The number of pyridine rings is 1. The standard InChI is InChI=1S/C14H21N3O3/c1-20-14(19)12-4-3-10-8-16-11(7-13(10)17-12)9-15-5-2-6-18/h3-4,11,15-16,18H,2,5-9H2,1H3. The first-order valence-electron chi connectivity index (χ1n) is 6.86. The molecule has 0 fully saturated rings. The van der Waals surface area contributed by atoms with Crippen molar-refractivity contribution in [2.24, 2.45) is 0 Å². The molecule has 0 amide bonds. The smallest absolute Gasteiger partial charge is 0.356 e. The van der Waals surface area contributed by atoms with Gasteiger partial charge in [-0.3, -0.25) is 0 Å². The number of carbonyl (C=O) groups is 1. The Morgan fingerprint density at radius 3 is 3.20 bits per heavy atom. The lowest BCUT2D eigenvalue weighted by Gasteiger charge is -2.26. The lowest BCUT2D eigenvalue weighted by atomic mass is 10.0. The predicted octanol–water partition coefficient (Wildman–Crippen LogP) is -0.145. The Morgan fingerprint density at radius 1 is 1.60 bits per heavy atom. The summed E-state index contributed by atoms with van der Waals surface area (Å²) < 4.78 is 4.69. The first-order chi connectivity index (χ1) is 9.74. The minimum Gasteiger partial charge on any atom is -0.464 e. The van der Waals surface area contributed by atoms with Crippen molar-refractivity contribution in [2.75, 3.05) is 26.8 Å². The van der Waals surface area contributed by atoms with Gasteiger partial charge in [0.1, 0.15) is 5.69 Å². The maximum atomic E-state index is 11.5. The van der Waals surface area contributed by atoms with Gasteiger partial charge in [0.25, 0.3) is 0 Å². The maximum Gasteiger partial charge on any atom is 0.356 e. The van der Waals surface area contributed by atoms with Crippen LogP contribution in [0.25, 0.3) is 0 Å². The molecule has 0 aromatic carbocycles. The molecule has 1 aromatic heterocycles. The van der Waals surface area contributed by atoms with Crippen LogP contribution in [0.4, 0.5) is 0 Å². The molecule has 2 heterocycles. The van der Waals surface area contributed by atoms with Gasteiger partial charge in [0.05, 0.1) is 7.11 Å². The number of fused-ring (bicyclic) bond motifs is 1. The first-order valence-corrected chi connectivity index (χ1v) is 6.86. The highest BCUT2D eigenvalue weighted by atomic mass is 16.5. The summed E-state index contributed by atoms with van der Waals surface area (Å²) in [5.74, 6) is -0.399. The molecule has 1 aliphatic heterocycles. The second-order valence-electron chi connectivity index (χ2n) is 4.86. The quantitative estimate of drug-likeness (QED) is 0.496. The minimum absolute atomic E-state index is 0.206. The molecule has 2 rings (SSSR count). The summed E-state index contributed by atoms with van der Waals surface area (Å²) in [6.45, 7) is 2.59. The lowest BCUT2D eigenvalue weighted by Crippen LogP contribution is -2.43. The second-order valence-corrected chi connectivity index (χ2v) is 4.86. The highest BCUT2D eigenvalue weighted by molar-refractivity contribution is 5.87. The van der Waals surface area contributed by atoms with Gasteiger partial charge >= 0.3 is 5.97 Å². The SMILES string of the molecule is COC(=O)c1ccc2c(n1)CC(CNCCCO)NC2. The summed E-state index contributed by atoms with van der Waals surface area (Å²) in [7, 11) is 1.36. The number of esters is 1. The number of rotatable bonds is 6. The van der Waals surface area contributed by atoms with E-state index in [1.165, 1.54) is 7.11 Å². The zero-order valence-corrected chi connectivity index (χ0v) is 11.7. The van der Waals surface area contributed by atoms with Gasteiger partial charge in [0, 0.05) is 37.9 Å². The number of hydrogen-bond acceptors (Lipinski definition) is 6. The number of hydrogen-bond donors (Lipinski definition) is 3. The normalized spacial score (nSPS) is 17.6. The molecule has 6 heteroatoms. The van der Waals surface area contributed by atoms with E-state index in [0.717, 1.165) is 43.7 Å². The molecule has 6 nitrogen and oxygen atoms in total. The molecule has 1 aliphatic rings. The van der Waals surface area contributed by atoms with Gasteiger partial charge in [-0.2, -0.15) is 0 Å². The highest BCUT2D eigenvalue weighted by Gasteiger charge is 2.20. The van der Waals surface area contributed by atoms with Crippen LogP contribution in [0.15, 0.2) is 12.1 Å². The van der Waals surface area contributed by atoms with E-state index in [0.29, 0.717) is 11.7 Å². The van der Waals surface area contributed by atoms with Crippen LogP contribution in [0, 0.1) is 0 Å². The van der Waals surface area contributed by atoms with Crippen molar-refractivity contribution < 1.29 is 14.6 Å². The Labute approximate surface area is 118 Å². The number of nitrogens with one attached hydrogen (secondary N) is 2. The molecule has 0 radical (unpaired) electrons. The summed E-state index contributed by atoms with van der Waals surface area (Å²) >= 11 is 0. The molecule has 1 unspecified atom stereocenters. The van der Waals surface area contributed by atoms with Crippen LogP contribution in [0.5, 0.6) is 0 Å². The zero-order valence-electron chi connectivity index (χ0n) is 11.7. The van der Waals surface area contributed by atoms with E-state index in [1.54, 1.807) is 6.07 Å². The number of aliphatic hydroxyl groups excluding tert-OH is 1. The number of ether oxygens (including phenoxy) is 1. The summed E-state index contributed by atoms with van der Waals surface area (Å²) in [5, 5.41) is 15.5. The van der Waals surface area contributed by atoms with Crippen LogP contribution in [-0.4, -0.2) is 48.9 Å². The molecule has 0 aliphatic carbocycles. The summed E-state index contributed by atoms with van der Waals surface area (Å²) in [5.41, 5.74) is 2.45. The van der Waals surface area contributed by atoms with Crippen LogP contribution in [0.2, 0.25) is 0 Å². The van der Waals surface area contributed by atoms with Crippen molar-refractivity contribution in [3.05, 3.63) is 29.1 Å². The third kappa shape index (κ3) is 3.75. The fraction of sp³-hybridized carbons (Fsp3) is 0.571. The van der Waals surface area contributed by atoms with Crippen molar-refractivity contribution in [1.82, 2.24) is 15.6 Å². The average molecular weight is 279 g/mol. The number of aromatic nitrogens is 1. The Hall–Kier alpha value is -1.50. The van der Waals surface area contributed by atoms with Gasteiger partial charge in [0.15, 0.2) is 0 Å². The maximum absolute atomic E-state index is 11.5. The molecule has 110 valence electrons. The molecule has 1 atom stereocenters. The van der Waals surface area contributed by atoms with E-state index in [1.807, 2.05) is 6.07 Å². The van der Waals surface area contributed by atoms with Gasteiger partial charge in [-0.15, -0.1) is 0 Å². The first kappa shape index (κ1) is 14.9. The third-order valence-corrected chi connectivity index (χ3v) is 3.39. The number of nitrogens with zero attached hydrogens (tertiary/aromatic N) is 1. The number of methoxy groups -OCH3 is 1.